The summed E-state index contributed by atoms with van der Waals surface area (Å²) < 4.78 is 29.0. The lowest BCUT2D eigenvalue weighted by molar-refractivity contribution is -0.150. The van der Waals surface area contributed by atoms with E-state index < -0.39 is 40.5 Å². The molecule has 34 heavy (non-hydrogen) atoms. The summed E-state index contributed by atoms with van der Waals surface area (Å²) in [5.41, 5.74) is -0.357. The smallest absolute Gasteiger partial charge is 0.326 e. The Morgan fingerprint density at radius 2 is 1.97 bits per heavy atom. The van der Waals surface area contributed by atoms with Crippen LogP contribution in [-0.2, 0) is 24.4 Å². The summed E-state index contributed by atoms with van der Waals surface area (Å²) >= 11 is 7.07. The van der Waals surface area contributed by atoms with Crippen molar-refractivity contribution in [3.63, 3.8) is 0 Å². The summed E-state index contributed by atoms with van der Waals surface area (Å²) in [6.07, 6.45) is 0.443. The minimum absolute atomic E-state index is 0.00407. The van der Waals surface area contributed by atoms with E-state index in [1.807, 2.05) is 20.8 Å². The van der Waals surface area contributed by atoms with Crippen LogP contribution in [0.25, 0.3) is 10.1 Å². The van der Waals surface area contributed by atoms with Gasteiger partial charge in [0.2, 0.25) is 5.91 Å². The molecule has 2 atom stereocenters. The fourth-order valence-electron chi connectivity index (χ4n) is 4.05. The summed E-state index contributed by atoms with van der Waals surface area (Å²) in [6.45, 7) is 6.92. The maximum atomic E-state index is 13.7. The first-order valence-electron chi connectivity index (χ1n) is 11.0. The predicted octanol–water partition coefficient (Wildman–Crippen LogP) is 4.01. The summed E-state index contributed by atoms with van der Waals surface area (Å²) in [4.78, 5) is 38.9. The summed E-state index contributed by atoms with van der Waals surface area (Å²) in [5, 5.41) is 10.9. The highest BCUT2D eigenvalue weighted by atomic mass is 35.5. The van der Waals surface area contributed by atoms with Crippen LogP contribution in [0.15, 0.2) is 28.5 Å². The molecule has 1 aliphatic rings. The molecule has 0 unspecified atom stereocenters. The molecule has 2 aromatic rings. The van der Waals surface area contributed by atoms with Gasteiger partial charge < -0.3 is 10.0 Å². The molecule has 0 saturated carbocycles. The number of Topliss-reactive ketones (excluding diaryl/α,β-unsaturated/α-hetero) is 1. The average molecular weight is 529 g/mol. The van der Waals surface area contributed by atoms with E-state index in [9.17, 15) is 27.9 Å². The molecular formula is C23H29ClN2O6S2. The Labute approximate surface area is 208 Å². The van der Waals surface area contributed by atoms with Crippen molar-refractivity contribution in [1.82, 2.24) is 9.21 Å². The van der Waals surface area contributed by atoms with Crippen LogP contribution >= 0.6 is 22.9 Å². The van der Waals surface area contributed by atoms with E-state index in [1.54, 1.807) is 25.1 Å². The zero-order chi connectivity index (χ0) is 25.4. The Bertz CT molecular complexity index is 1220. The van der Waals surface area contributed by atoms with Gasteiger partial charge in [-0.1, -0.05) is 39.3 Å². The normalized spacial score (nSPS) is 18.1. The van der Waals surface area contributed by atoms with Gasteiger partial charge in [0.05, 0.1) is 6.54 Å². The topological polar surface area (TPSA) is 112 Å². The number of carboxylic acids is 1. The molecule has 0 radical (unpaired) electrons. The molecule has 1 N–H and O–H groups in total. The van der Waals surface area contributed by atoms with Crippen molar-refractivity contribution in [3.8, 4) is 0 Å². The Balaban J connectivity index is 1.99. The first kappa shape index (κ1) is 26.6. The third kappa shape index (κ3) is 5.62. The van der Waals surface area contributed by atoms with Crippen LogP contribution in [-0.4, -0.2) is 65.6 Å². The molecule has 0 bridgehead atoms. The molecule has 1 aromatic carbocycles. The van der Waals surface area contributed by atoms with Gasteiger partial charge in [0.25, 0.3) is 10.0 Å². The Kier molecular flexibility index (Phi) is 7.76. The average Bonchev–Trinajstić information content (AvgIpc) is 3.32. The van der Waals surface area contributed by atoms with Gasteiger partial charge in [-0.15, -0.1) is 11.3 Å². The molecule has 3 rings (SSSR count). The molecular weight excluding hydrogens is 500 g/mol. The number of aliphatic carboxylic acids is 1. The second-order valence-electron chi connectivity index (χ2n) is 9.64. The van der Waals surface area contributed by atoms with Crippen LogP contribution in [0.2, 0.25) is 5.02 Å². The number of nitrogens with zero attached hydrogens (tertiary/aromatic N) is 2. The molecule has 0 aliphatic carbocycles. The van der Waals surface area contributed by atoms with Crippen molar-refractivity contribution in [2.75, 3.05) is 13.1 Å². The Hall–Kier alpha value is -2.01. The number of sulfonamides is 1. The number of thiophene rings is 1. The van der Waals surface area contributed by atoms with E-state index in [1.165, 1.54) is 11.0 Å². The van der Waals surface area contributed by atoms with Crippen molar-refractivity contribution in [2.45, 2.75) is 63.3 Å². The SMILES string of the molecule is CCC(=O)CN([C@H]1CCN([C@@H](CC(C)(C)C)C(=O)O)C1=O)S(=O)(=O)c1cc2cc(Cl)ccc2s1. The lowest BCUT2D eigenvalue weighted by atomic mass is 9.87. The maximum absolute atomic E-state index is 13.7. The standard InChI is InChI=1S/C23H29ClN2O6S2/c1-5-16(27)13-26(34(31,32)20-11-14-10-15(24)6-7-19(14)33-20)17-8-9-25(21(17)28)18(22(29)30)12-23(2,3)4/h6-7,10-11,17-18H,5,8-9,12-13H2,1-4H3,(H,29,30)/t17-,18-/m0/s1. The molecule has 2 heterocycles. The van der Waals surface area contributed by atoms with Gasteiger partial charge in [-0.05, 0) is 47.9 Å². The van der Waals surface area contributed by atoms with Crippen LogP contribution in [0.4, 0.5) is 0 Å². The fourth-order valence-corrected chi connectivity index (χ4v) is 7.34. The first-order chi connectivity index (χ1) is 15.7. The molecule has 11 heteroatoms. The van der Waals surface area contributed by atoms with Crippen molar-refractivity contribution >= 4 is 60.7 Å². The maximum Gasteiger partial charge on any atom is 0.326 e. The quantitative estimate of drug-likeness (QED) is 0.526. The Morgan fingerprint density at radius 3 is 2.56 bits per heavy atom. The number of hydrogen-bond acceptors (Lipinski definition) is 6. The van der Waals surface area contributed by atoms with Gasteiger partial charge in [0.15, 0.2) is 0 Å². The monoisotopic (exact) mass is 528 g/mol. The number of carbonyl (C=O) groups excluding carboxylic acids is 2. The molecule has 8 nitrogen and oxygen atoms in total. The fraction of sp³-hybridized carbons (Fsp3) is 0.522. The molecule has 1 fully saturated rings. The number of rotatable bonds is 9. The van der Waals surface area contributed by atoms with Crippen LogP contribution in [0, 0.1) is 5.41 Å². The third-order valence-electron chi connectivity index (χ3n) is 5.77. The number of benzene rings is 1. The van der Waals surface area contributed by atoms with Crippen molar-refractivity contribution in [1.29, 1.82) is 0 Å². The number of amides is 1. The number of hydrogen-bond donors (Lipinski definition) is 1. The summed E-state index contributed by atoms with van der Waals surface area (Å²) in [7, 11) is -4.21. The molecule has 0 spiro atoms. The van der Waals surface area contributed by atoms with E-state index in [0.29, 0.717) is 15.1 Å². The Morgan fingerprint density at radius 1 is 1.29 bits per heavy atom. The van der Waals surface area contributed by atoms with Crippen LogP contribution in [0.3, 0.4) is 0 Å². The predicted molar refractivity (Wildman–Crippen MR) is 132 cm³/mol. The highest BCUT2D eigenvalue weighted by Gasteiger charge is 2.46. The lowest BCUT2D eigenvalue weighted by Crippen LogP contribution is -2.50. The van der Waals surface area contributed by atoms with Gasteiger partial charge in [0.1, 0.15) is 22.1 Å². The highest BCUT2D eigenvalue weighted by Crippen LogP contribution is 2.35. The second-order valence-corrected chi connectivity index (χ2v) is 13.3. The minimum Gasteiger partial charge on any atom is -0.480 e. The number of likely N-dealkylation sites (tertiary alicyclic amines) is 1. The van der Waals surface area contributed by atoms with E-state index in [2.05, 4.69) is 0 Å². The highest BCUT2D eigenvalue weighted by molar-refractivity contribution is 7.91. The van der Waals surface area contributed by atoms with Gasteiger partial charge >= 0.3 is 5.97 Å². The zero-order valence-corrected chi connectivity index (χ0v) is 22.0. The summed E-state index contributed by atoms with van der Waals surface area (Å²) in [6, 6.07) is 4.30. The number of halogens is 1. The number of carbonyl (C=O) groups is 3. The third-order valence-corrected chi connectivity index (χ3v) is 9.43. The van der Waals surface area contributed by atoms with Crippen molar-refractivity contribution in [3.05, 3.63) is 29.3 Å². The molecule has 1 aromatic heterocycles. The molecule has 1 saturated heterocycles. The zero-order valence-electron chi connectivity index (χ0n) is 19.6. The van der Waals surface area contributed by atoms with E-state index >= 15 is 0 Å². The lowest BCUT2D eigenvalue weighted by Gasteiger charge is -2.31. The van der Waals surface area contributed by atoms with Crippen molar-refractivity contribution in [2.24, 2.45) is 5.41 Å². The van der Waals surface area contributed by atoms with Crippen LogP contribution in [0.5, 0.6) is 0 Å². The summed E-state index contributed by atoms with van der Waals surface area (Å²) in [5.74, 6) is -2.05. The van der Waals surface area contributed by atoms with Crippen LogP contribution < -0.4 is 0 Å². The van der Waals surface area contributed by atoms with E-state index in [0.717, 1.165) is 15.6 Å². The van der Waals surface area contributed by atoms with Crippen molar-refractivity contribution < 1.29 is 27.9 Å². The van der Waals surface area contributed by atoms with Gasteiger partial charge in [0, 0.05) is 22.7 Å². The largest absolute Gasteiger partial charge is 0.480 e. The van der Waals surface area contributed by atoms with E-state index in [-0.39, 0.29) is 41.2 Å². The molecule has 1 aliphatic heterocycles. The molecule has 186 valence electrons. The molecule has 1 amide bonds. The number of carboxylic acid groups (broad SMARTS) is 1. The minimum atomic E-state index is -4.21. The van der Waals surface area contributed by atoms with E-state index in [4.69, 9.17) is 11.6 Å². The number of ketones is 1. The van der Waals surface area contributed by atoms with Crippen LogP contribution in [0.1, 0.15) is 47.0 Å². The first-order valence-corrected chi connectivity index (χ1v) is 13.6. The van der Waals surface area contributed by atoms with Gasteiger partial charge in [-0.3, -0.25) is 9.59 Å². The number of fused-ring (bicyclic) bond motifs is 1. The second kappa shape index (κ2) is 9.93. The van der Waals surface area contributed by atoms with Gasteiger partial charge in [-0.25, -0.2) is 13.2 Å². The van der Waals surface area contributed by atoms with Gasteiger partial charge in [-0.2, -0.15) is 4.31 Å².